The van der Waals surface area contributed by atoms with Crippen molar-refractivity contribution in [3.8, 4) is 11.5 Å². The maximum atomic E-state index is 15.0. The van der Waals surface area contributed by atoms with Crippen molar-refractivity contribution in [3.05, 3.63) is 92.9 Å². The first kappa shape index (κ1) is 43.9. The van der Waals surface area contributed by atoms with Gasteiger partial charge in [0.2, 0.25) is 11.7 Å². The number of thioether (sulfide) groups is 1. The van der Waals surface area contributed by atoms with E-state index >= 15 is 8.78 Å². The highest BCUT2D eigenvalue weighted by atomic mass is 35.5. The van der Waals surface area contributed by atoms with Gasteiger partial charge in [-0.05, 0) is 65.9 Å². The first-order chi connectivity index (χ1) is 25.8. The Balaban J connectivity index is 1.65. The Hall–Kier alpha value is -3.79. The van der Waals surface area contributed by atoms with E-state index in [1.54, 1.807) is 36.4 Å². The molecule has 4 rings (SSSR count). The van der Waals surface area contributed by atoms with Crippen molar-refractivity contribution in [2.75, 3.05) is 20.2 Å². The molecule has 9 nitrogen and oxygen atoms in total. The van der Waals surface area contributed by atoms with Gasteiger partial charge >= 0.3 is 12.1 Å². The van der Waals surface area contributed by atoms with Crippen LogP contribution >= 0.6 is 46.6 Å². The Bertz CT molecular complexity index is 1830. The summed E-state index contributed by atoms with van der Waals surface area (Å²) in [6, 6.07) is 14.9. The summed E-state index contributed by atoms with van der Waals surface area (Å²) in [7, 11) is 1.53. The molecule has 3 aromatic rings. The smallest absolute Gasteiger partial charge is 0.405 e. The number of amides is 3. The van der Waals surface area contributed by atoms with Crippen LogP contribution in [0, 0.1) is 5.92 Å². The maximum Gasteiger partial charge on any atom is 0.405 e. The van der Waals surface area contributed by atoms with Gasteiger partial charge in [-0.25, -0.2) is 0 Å². The van der Waals surface area contributed by atoms with Crippen LogP contribution in [0.2, 0.25) is 15.1 Å². The van der Waals surface area contributed by atoms with E-state index in [4.69, 9.17) is 44.3 Å². The highest BCUT2D eigenvalue weighted by Crippen LogP contribution is 2.33. The fourth-order valence-corrected chi connectivity index (χ4v) is 7.66. The molecule has 0 saturated carbocycles. The van der Waals surface area contributed by atoms with Gasteiger partial charge in [0.05, 0.1) is 13.2 Å². The Labute approximate surface area is 333 Å². The van der Waals surface area contributed by atoms with Gasteiger partial charge in [-0.3, -0.25) is 19.2 Å². The summed E-state index contributed by atoms with van der Waals surface area (Å²) in [5, 5.41) is 3.73. The van der Waals surface area contributed by atoms with Gasteiger partial charge in [0.15, 0.2) is 6.10 Å². The largest absolute Gasteiger partial charge is 0.497 e. The number of ether oxygens (including phenoxy) is 2. The third kappa shape index (κ3) is 12.3. The molecule has 1 fully saturated rings. The number of likely N-dealkylation sites (tertiary alicyclic amines) is 1. The van der Waals surface area contributed by atoms with Crippen LogP contribution in [0.1, 0.15) is 31.4 Å². The second kappa shape index (κ2) is 18.9. The third-order valence-corrected chi connectivity index (χ3v) is 10.5. The summed E-state index contributed by atoms with van der Waals surface area (Å²) < 4.78 is 79.3. The molecule has 298 valence electrons. The summed E-state index contributed by atoms with van der Waals surface area (Å²) in [6.07, 6.45) is -6.33. The molecule has 0 unspecified atom stereocenters. The molecule has 1 aliphatic heterocycles. The van der Waals surface area contributed by atoms with Crippen LogP contribution in [0.5, 0.6) is 11.5 Å². The van der Waals surface area contributed by atoms with Crippen molar-refractivity contribution in [3.63, 3.8) is 0 Å². The number of benzene rings is 3. The summed E-state index contributed by atoms with van der Waals surface area (Å²) in [4.78, 5) is 54.9. The topological polar surface area (TPSA) is 114 Å². The first-order valence-corrected chi connectivity index (χ1v) is 19.0. The van der Waals surface area contributed by atoms with Gasteiger partial charge in [0, 0.05) is 39.0 Å². The van der Waals surface area contributed by atoms with E-state index in [0.717, 1.165) is 10.9 Å². The van der Waals surface area contributed by atoms with Crippen molar-refractivity contribution >= 4 is 70.1 Å². The first-order valence-electron chi connectivity index (χ1n) is 16.8. The van der Waals surface area contributed by atoms with E-state index in [-0.39, 0.29) is 40.4 Å². The minimum atomic E-state index is -5.02. The van der Waals surface area contributed by atoms with Crippen LogP contribution in [0.25, 0.3) is 0 Å². The van der Waals surface area contributed by atoms with Crippen molar-refractivity contribution in [1.82, 2.24) is 15.5 Å². The van der Waals surface area contributed by atoms with E-state index in [1.165, 1.54) is 55.8 Å². The van der Waals surface area contributed by atoms with Crippen molar-refractivity contribution < 1.29 is 50.6 Å². The zero-order valence-corrected chi connectivity index (χ0v) is 32.7. The standard InChI is InChI=1S/C37H37Cl3F5N3O6S/c1-20(2)31(32(49)37(44,45)35(52)46-19-36(41,42)43)47-33(50)29-16-28(55-18-21-7-9-26(53-3)10-8-21)17-48(29)34(51)30(12-22-5-4-6-23(38)11-22)54-27-14-24(39)13-25(40)15-27/h4-11,13-15,20,28-31H,12,16-19H2,1-3H3,(H,46,52)(H,47,50)/t28-,29+,30-,31+/m1/s1. The fraction of sp³-hybridized carbons (Fsp3) is 0.405. The lowest BCUT2D eigenvalue weighted by atomic mass is 9.94. The molecule has 3 amide bonds. The maximum absolute atomic E-state index is 15.0. The molecule has 1 heterocycles. The van der Waals surface area contributed by atoms with E-state index in [2.05, 4.69) is 5.32 Å². The molecule has 0 bridgehead atoms. The lowest BCUT2D eigenvalue weighted by molar-refractivity contribution is -0.165. The number of hydrogen-bond acceptors (Lipinski definition) is 7. The minimum absolute atomic E-state index is 0.000249. The Morgan fingerprint density at radius 1 is 0.891 bits per heavy atom. The predicted molar refractivity (Wildman–Crippen MR) is 200 cm³/mol. The number of carbonyl (C=O) groups is 4. The summed E-state index contributed by atoms with van der Waals surface area (Å²) in [5.74, 6) is -11.0. The average Bonchev–Trinajstić information content (AvgIpc) is 3.55. The zero-order valence-electron chi connectivity index (χ0n) is 29.6. The number of rotatable bonds is 16. The number of nitrogens with one attached hydrogen (secondary N) is 2. The number of alkyl halides is 5. The van der Waals surface area contributed by atoms with Crippen LogP contribution in [0.15, 0.2) is 66.7 Å². The van der Waals surface area contributed by atoms with E-state index in [9.17, 15) is 32.3 Å². The molecule has 18 heteroatoms. The SMILES string of the molecule is COc1ccc(CS[C@@H]2C[C@@H](C(=O)N[C@H](C(=O)C(F)(F)C(=O)NCC(F)(F)F)C(C)C)N(C(=O)[C@@H](Cc3cccc(Cl)c3)Oc3cc(Cl)cc(Cl)c3)C2)cc1. The quantitative estimate of drug-likeness (QED) is 0.113. The van der Waals surface area contributed by atoms with E-state index in [0.29, 0.717) is 22.1 Å². The lowest BCUT2D eigenvalue weighted by Gasteiger charge is -2.31. The number of hydrogen-bond donors (Lipinski definition) is 2. The summed E-state index contributed by atoms with van der Waals surface area (Å²) >= 11 is 20.0. The summed E-state index contributed by atoms with van der Waals surface area (Å²) in [6.45, 7) is 0.521. The molecule has 4 atom stereocenters. The molecule has 2 N–H and O–H groups in total. The van der Waals surface area contributed by atoms with Crippen molar-refractivity contribution in [1.29, 1.82) is 0 Å². The van der Waals surface area contributed by atoms with E-state index < -0.39 is 66.3 Å². The normalized spacial score (nSPS) is 17.1. The van der Waals surface area contributed by atoms with Gasteiger partial charge in [-0.15, -0.1) is 0 Å². The molecule has 3 aromatic carbocycles. The predicted octanol–water partition coefficient (Wildman–Crippen LogP) is 7.57. The highest BCUT2D eigenvalue weighted by molar-refractivity contribution is 7.99. The fourth-order valence-electron chi connectivity index (χ4n) is 5.73. The van der Waals surface area contributed by atoms with Crippen LogP contribution in [0.3, 0.4) is 0 Å². The van der Waals surface area contributed by atoms with Crippen LogP contribution < -0.4 is 20.1 Å². The molecular formula is C37H37Cl3F5N3O6S. The van der Waals surface area contributed by atoms with Crippen LogP contribution in [0.4, 0.5) is 22.0 Å². The number of methoxy groups -OCH3 is 1. The molecule has 1 aliphatic rings. The minimum Gasteiger partial charge on any atom is -0.497 e. The van der Waals surface area contributed by atoms with Crippen molar-refractivity contribution in [2.45, 2.75) is 68.0 Å². The van der Waals surface area contributed by atoms with Crippen LogP contribution in [-0.4, -0.2) is 84.1 Å². The zero-order chi connectivity index (χ0) is 40.7. The number of ketones is 1. The van der Waals surface area contributed by atoms with Gasteiger partial charge in [-0.1, -0.05) is 72.9 Å². The molecule has 55 heavy (non-hydrogen) atoms. The number of halogens is 8. The second-order valence-electron chi connectivity index (χ2n) is 13.0. The molecule has 0 radical (unpaired) electrons. The molecule has 0 spiro atoms. The number of nitrogens with zero attached hydrogens (tertiary/aromatic N) is 1. The Morgan fingerprint density at radius 2 is 1.55 bits per heavy atom. The molecular weight excluding hydrogens is 816 g/mol. The Kier molecular flexibility index (Phi) is 15.1. The van der Waals surface area contributed by atoms with Gasteiger partial charge < -0.3 is 25.0 Å². The second-order valence-corrected chi connectivity index (χ2v) is 15.6. The lowest BCUT2D eigenvalue weighted by Crippen LogP contribution is -2.59. The van der Waals surface area contributed by atoms with Gasteiger partial charge in [-0.2, -0.15) is 33.7 Å². The number of carbonyl (C=O) groups excluding carboxylic acids is 4. The average molecular weight is 853 g/mol. The summed E-state index contributed by atoms with van der Waals surface area (Å²) in [5.41, 5.74) is 1.51. The van der Waals surface area contributed by atoms with Gasteiger partial charge in [0.1, 0.15) is 24.1 Å². The van der Waals surface area contributed by atoms with Gasteiger partial charge in [0.25, 0.3) is 11.8 Å². The third-order valence-electron chi connectivity index (χ3n) is 8.48. The van der Waals surface area contributed by atoms with Crippen LogP contribution in [-0.2, 0) is 31.4 Å². The van der Waals surface area contributed by atoms with Crippen molar-refractivity contribution in [2.24, 2.45) is 5.92 Å². The Morgan fingerprint density at radius 3 is 2.13 bits per heavy atom. The highest BCUT2D eigenvalue weighted by Gasteiger charge is 2.53. The molecule has 0 aromatic heterocycles. The van der Waals surface area contributed by atoms with E-state index in [1.807, 2.05) is 12.1 Å². The number of Topliss-reactive ketones (excluding diaryl/α,β-unsaturated/α-hetero) is 1. The molecule has 1 saturated heterocycles. The monoisotopic (exact) mass is 851 g/mol. The molecule has 0 aliphatic carbocycles.